The molecule has 1 N–H and O–H groups in total. The fourth-order valence-corrected chi connectivity index (χ4v) is 5.88. The monoisotopic (exact) mass is 477 g/mol. The minimum Gasteiger partial charge on any atom is -0.352 e. The van der Waals surface area contributed by atoms with Crippen molar-refractivity contribution in [1.82, 2.24) is 9.62 Å². The van der Waals surface area contributed by atoms with Crippen LogP contribution in [-0.4, -0.2) is 66.0 Å². The zero-order valence-electron chi connectivity index (χ0n) is 16.8. The van der Waals surface area contributed by atoms with Crippen molar-refractivity contribution in [2.24, 2.45) is 11.8 Å². The van der Waals surface area contributed by atoms with E-state index in [2.05, 4.69) is 5.32 Å². The number of carbonyl (C=O) groups excluding carboxylic acids is 1. The van der Waals surface area contributed by atoms with Crippen molar-refractivity contribution in [3.63, 3.8) is 0 Å². The SMILES string of the molecule is CC1CCC([N+](=O)[O-])CC1N(CC(=O)NC1CCC(Cl)C(C(F)(F)F)C1)S(C)(=O)=O. The number of rotatable bonds is 6. The van der Waals surface area contributed by atoms with Crippen LogP contribution in [-0.2, 0) is 14.8 Å². The van der Waals surface area contributed by atoms with Crippen LogP contribution in [0.5, 0.6) is 0 Å². The highest BCUT2D eigenvalue weighted by Gasteiger charge is 2.47. The number of amides is 1. The number of nitro groups is 1. The van der Waals surface area contributed by atoms with Gasteiger partial charge >= 0.3 is 6.18 Å². The Balaban J connectivity index is 2.08. The molecule has 0 aromatic rings. The van der Waals surface area contributed by atoms with Crippen molar-refractivity contribution in [2.75, 3.05) is 12.8 Å². The number of nitrogens with zero attached hydrogens (tertiary/aromatic N) is 2. The van der Waals surface area contributed by atoms with Crippen molar-refractivity contribution < 1.29 is 31.3 Å². The van der Waals surface area contributed by atoms with Gasteiger partial charge in [0.05, 0.1) is 18.7 Å². The molecule has 2 saturated carbocycles. The summed E-state index contributed by atoms with van der Waals surface area (Å²) in [6, 6.07) is -2.39. The molecule has 13 heteroatoms. The topological polar surface area (TPSA) is 110 Å². The molecule has 6 atom stereocenters. The normalized spacial score (nSPS) is 33.3. The molecule has 6 unspecified atom stereocenters. The Morgan fingerprint density at radius 1 is 1.23 bits per heavy atom. The number of nitrogens with one attached hydrogen (secondary N) is 1. The first-order valence-corrected chi connectivity index (χ1v) is 12.1. The van der Waals surface area contributed by atoms with Gasteiger partial charge in [-0.1, -0.05) is 6.92 Å². The van der Waals surface area contributed by atoms with Crippen LogP contribution in [0, 0.1) is 22.0 Å². The maximum Gasteiger partial charge on any atom is 0.393 e. The fraction of sp³-hybridized carbons (Fsp3) is 0.941. The summed E-state index contributed by atoms with van der Waals surface area (Å²) in [5.41, 5.74) is 0. The van der Waals surface area contributed by atoms with E-state index in [9.17, 15) is 36.5 Å². The van der Waals surface area contributed by atoms with Gasteiger partial charge in [0.25, 0.3) is 0 Å². The Labute approximate surface area is 178 Å². The zero-order valence-corrected chi connectivity index (χ0v) is 18.3. The second-order valence-electron chi connectivity index (χ2n) is 8.35. The number of carbonyl (C=O) groups is 1. The van der Waals surface area contributed by atoms with Crippen LogP contribution in [0.25, 0.3) is 0 Å². The average molecular weight is 478 g/mol. The maximum absolute atomic E-state index is 13.1. The van der Waals surface area contributed by atoms with E-state index in [1.807, 2.05) is 0 Å². The predicted molar refractivity (Wildman–Crippen MR) is 104 cm³/mol. The van der Waals surface area contributed by atoms with E-state index < -0.39 is 63.0 Å². The molecule has 0 aromatic carbocycles. The van der Waals surface area contributed by atoms with Crippen LogP contribution in [0.4, 0.5) is 13.2 Å². The van der Waals surface area contributed by atoms with E-state index >= 15 is 0 Å². The van der Waals surface area contributed by atoms with Crippen LogP contribution in [0.15, 0.2) is 0 Å². The molecule has 2 aliphatic rings. The average Bonchev–Trinajstić information content (AvgIpc) is 2.60. The van der Waals surface area contributed by atoms with E-state index in [4.69, 9.17) is 11.6 Å². The molecule has 0 saturated heterocycles. The van der Waals surface area contributed by atoms with Gasteiger partial charge in [-0.15, -0.1) is 11.6 Å². The highest BCUT2D eigenvalue weighted by Crippen LogP contribution is 2.40. The molecule has 8 nitrogen and oxygen atoms in total. The van der Waals surface area contributed by atoms with Crippen LogP contribution in [0.3, 0.4) is 0 Å². The molecule has 0 aromatic heterocycles. The number of hydrogen-bond donors (Lipinski definition) is 1. The smallest absolute Gasteiger partial charge is 0.352 e. The first kappa shape index (κ1) is 25.1. The van der Waals surface area contributed by atoms with Crippen molar-refractivity contribution in [3.05, 3.63) is 10.1 Å². The minimum absolute atomic E-state index is 0.0119. The molecule has 0 spiro atoms. The van der Waals surface area contributed by atoms with Gasteiger partial charge in [-0.05, 0) is 31.6 Å². The summed E-state index contributed by atoms with van der Waals surface area (Å²) in [5, 5.41) is 12.6. The Morgan fingerprint density at radius 3 is 2.40 bits per heavy atom. The summed E-state index contributed by atoms with van der Waals surface area (Å²) >= 11 is 5.79. The van der Waals surface area contributed by atoms with Gasteiger partial charge in [0.15, 0.2) is 0 Å². The third-order valence-corrected chi connectivity index (χ3v) is 7.84. The number of hydrogen-bond acceptors (Lipinski definition) is 5. The molecule has 0 radical (unpaired) electrons. The standard InChI is InChI=1S/C17H27ClF3N3O5S/c1-10-3-5-12(24(26)27)8-15(10)23(30(2,28)29)9-16(25)22-11-4-6-14(18)13(7-11)17(19,20)21/h10-15H,3-9H2,1-2H3,(H,22,25). The molecule has 174 valence electrons. The quantitative estimate of drug-likeness (QED) is 0.359. The first-order chi connectivity index (χ1) is 13.7. The molecule has 2 aliphatic carbocycles. The lowest BCUT2D eigenvalue weighted by atomic mass is 9.83. The summed E-state index contributed by atoms with van der Waals surface area (Å²) < 4.78 is 64.9. The largest absolute Gasteiger partial charge is 0.393 e. The Morgan fingerprint density at radius 2 is 1.87 bits per heavy atom. The number of alkyl halides is 4. The van der Waals surface area contributed by atoms with Crippen molar-refractivity contribution in [3.8, 4) is 0 Å². The summed E-state index contributed by atoms with van der Waals surface area (Å²) in [4.78, 5) is 23.2. The molecule has 30 heavy (non-hydrogen) atoms. The van der Waals surface area contributed by atoms with E-state index in [0.29, 0.717) is 12.8 Å². The summed E-state index contributed by atoms with van der Waals surface area (Å²) in [7, 11) is -3.88. The van der Waals surface area contributed by atoms with Gasteiger partial charge in [-0.3, -0.25) is 14.9 Å². The summed E-state index contributed by atoms with van der Waals surface area (Å²) in [5.74, 6) is -2.66. The minimum atomic E-state index is -4.48. The van der Waals surface area contributed by atoms with Gasteiger partial charge in [0, 0.05) is 35.2 Å². The molecule has 0 aliphatic heterocycles. The van der Waals surface area contributed by atoms with Gasteiger partial charge < -0.3 is 5.32 Å². The van der Waals surface area contributed by atoms with Crippen molar-refractivity contribution >= 4 is 27.5 Å². The van der Waals surface area contributed by atoms with Crippen molar-refractivity contribution in [2.45, 2.75) is 75.1 Å². The fourth-order valence-electron chi connectivity index (χ4n) is 4.37. The third kappa shape index (κ3) is 6.43. The van der Waals surface area contributed by atoms with Crippen LogP contribution in [0.2, 0.25) is 0 Å². The first-order valence-electron chi connectivity index (χ1n) is 9.80. The Kier molecular flexibility index (Phi) is 8.00. The second kappa shape index (κ2) is 9.56. The van der Waals surface area contributed by atoms with Gasteiger partial charge in [0.1, 0.15) is 0 Å². The number of sulfonamides is 1. The Hall–Kier alpha value is -1.14. The molecule has 0 bridgehead atoms. The molecular formula is C17H27ClF3N3O5S. The highest BCUT2D eigenvalue weighted by atomic mass is 35.5. The van der Waals surface area contributed by atoms with Gasteiger partial charge in [-0.25, -0.2) is 8.42 Å². The molecule has 0 heterocycles. The van der Waals surface area contributed by atoms with Crippen LogP contribution in [0.1, 0.15) is 45.4 Å². The number of halogens is 4. The summed E-state index contributed by atoms with van der Waals surface area (Å²) in [6.45, 7) is 1.18. The zero-order chi connectivity index (χ0) is 22.9. The molecule has 2 fully saturated rings. The third-order valence-electron chi connectivity index (χ3n) is 6.07. The second-order valence-corrected chi connectivity index (χ2v) is 10.8. The highest BCUT2D eigenvalue weighted by molar-refractivity contribution is 7.88. The van der Waals surface area contributed by atoms with E-state index in [1.165, 1.54) is 0 Å². The lowest BCUT2D eigenvalue weighted by molar-refractivity contribution is -0.528. The van der Waals surface area contributed by atoms with Crippen LogP contribution < -0.4 is 5.32 Å². The summed E-state index contributed by atoms with van der Waals surface area (Å²) in [6.07, 6.45) is -2.84. The van der Waals surface area contributed by atoms with E-state index in [0.717, 1.165) is 10.6 Å². The lowest BCUT2D eigenvalue weighted by Crippen LogP contribution is -2.53. The van der Waals surface area contributed by atoms with Gasteiger partial charge in [-0.2, -0.15) is 17.5 Å². The predicted octanol–water partition coefficient (Wildman–Crippen LogP) is 2.54. The molecular weight excluding hydrogens is 451 g/mol. The molecule has 2 rings (SSSR count). The maximum atomic E-state index is 13.1. The van der Waals surface area contributed by atoms with Crippen molar-refractivity contribution in [1.29, 1.82) is 0 Å². The van der Waals surface area contributed by atoms with E-state index in [1.54, 1.807) is 6.92 Å². The van der Waals surface area contributed by atoms with Crippen LogP contribution >= 0.6 is 11.6 Å². The van der Waals surface area contributed by atoms with Gasteiger partial charge in [0.2, 0.25) is 22.0 Å². The van der Waals surface area contributed by atoms with E-state index in [-0.39, 0.29) is 31.6 Å². The lowest BCUT2D eigenvalue weighted by Gasteiger charge is -2.38. The Bertz CT molecular complexity index is 751. The molecule has 1 amide bonds.